The molecule has 0 unspecified atom stereocenters. The van der Waals surface area contributed by atoms with E-state index in [1.54, 1.807) is 12.3 Å². The Morgan fingerprint density at radius 3 is 2.54 bits per heavy atom. The molecule has 8 heteroatoms. The van der Waals surface area contributed by atoms with E-state index in [1.165, 1.54) is 6.20 Å². The molecule has 0 bridgehead atoms. The van der Waals surface area contributed by atoms with E-state index in [1.807, 2.05) is 60.1 Å². The van der Waals surface area contributed by atoms with Crippen LogP contribution in [0.2, 0.25) is 0 Å². The Labute approximate surface area is 227 Å². The van der Waals surface area contributed by atoms with Crippen molar-refractivity contribution in [3.63, 3.8) is 0 Å². The molecule has 0 spiro atoms. The summed E-state index contributed by atoms with van der Waals surface area (Å²) in [6.07, 6.45) is 5.66. The summed E-state index contributed by atoms with van der Waals surface area (Å²) >= 11 is 0. The van der Waals surface area contributed by atoms with Gasteiger partial charge >= 0.3 is 0 Å². The predicted octanol–water partition coefficient (Wildman–Crippen LogP) is 5.74. The summed E-state index contributed by atoms with van der Waals surface area (Å²) in [6.45, 7) is 7.32. The lowest BCUT2D eigenvalue weighted by Gasteiger charge is -2.12. The van der Waals surface area contributed by atoms with Gasteiger partial charge in [-0.3, -0.25) is 9.78 Å². The number of hydrogen-bond acceptors (Lipinski definition) is 6. The summed E-state index contributed by atoms with van der Waals surface area (Å²) in [6, 6.07) is 24.1. The number of amides is 1. The number of rotatable bonds is 11. The Bertz CT molecular complexity index is 1580. The third-order valence-electron chi connectivity index (χ3n) is 6.20. The van der Waals surface area contributed by atoms with Gasteiger partial charge in [-0.15, -0.1) is 5.10 Å². The van der Waals surface area contributed by atoms with Crippen LogP contribution in [0.4, 0.5) is 5.82 Å². The van der Waals surface area contributed by atoms with E-state index in [-0.39, 0.29) is 5.91 Å². The number of nitrogens with one attached hydrogen (secondary N) is 2. The fourth-order valence-corrected chi connectivity index (χ4v) is 4.28. The Morgan fingerprint density at radius 2 is 1.77 bits per heavy atom. The van der Waals surface area contributed by atoms with Gasteiger partial charge in [0.2, 0.25) is 0 Å². The van der Waals surface area contributed by atoms with Crippen LogP contribution in [0.25, 0.3) is 28.0 Å². The van der Waals surface area contributed by atoms with Crippen LogP contribution in [-0.4, -0.2) is 38.6 Å². The van der Waals surface area contributed by atoms with E-state index in [4.69, 9.17) is 14.8 Å². The number of anilines is 1. The first-order chi connectivity index (χ1) is 19.1. The molecule has 0 aliphatic carbocycles. The standard InChI is InChI=1S/C31H30N6O2/c1-3-39-22(2)14-16-33-31(38)26-18-25(20-32-21-26)29-35-30(34-19-23-10-6-4-7-11-23)28-27(15-17-37(28)36-29)24-12-8-5-9-13-24/h4-13,15,17-18,20-21H,2-3,14,16,19H2,1H3,(H,33,38)(H,34,35,36). The van der Waals surface area contributed by atoms with Gasteiger partial charge in [0, 0.05) is 49.2 Å². The number of carbonyl (C=O) groups excluding carboxylic acids is 1. The molecular weight excluding hydrogens is 488 g/mol. The first kappa shape index (κ1) is 25.7. The van der Waals surface area contributed by atoms with Gasteiger partial charge < -0.3 is 15.4 Å². The normalized spacial score (nSPS) is 10.8. The number of fused-ring (bicyclic) bond motifs is 1. The van der Waals surface area contributed by atoms with Gasteiger partial charge in [0.25, 0.3) is 5.91 Å². The Balaban J connectivity index is 1.46. The third kappa shape index (κ3) is 6.13. The third-order valence-corrected chi connectivity index (χ3v) is 6.20. The highest BCUT2D eigenvalue weighted by atomic mass is 16.5. The smallest absolute Gasteiger partial charge is 0.252 e. The number of carbonyl (C=O) groups is 1. The van der Waals surface area contributed by atoms with Crippen LogP contribution in [0.5, 0.6) is 0 Å². The van der Waals surface area contributed by atoms with Crippen LogP contribution in [0.15, 0.2) is 104 Å². The van der Waals surface area contributed by atoms with Gasteiger partial charge in [0.05, 0.1) is 17.9 Å². The molecule has 2 aromatic carbocycles. The van der Waals surface area contributed by atoms with Crippen molar-refractivity contribution in [1.82, 2.24) is 24.9 Å². The molecule has 0 aliphatic heterocycles. The van der Waals surface area contributed by atoms with Crippen LogP contribution in [-0.2, 0) is 11.3 Å². The van der Waals surface area contributed by atoms with Crippen molar-refractivity contribution in [2.24, 2.45) is 0 Å². The molecule has 0 atom stereocenters. The lowest BCUT2D eigenvalue weighted by molar-refractivity contribution is 0.0951. The lowest BCUT2D eigenvalue weighted by atomic mass is 10.1. The van der Waals surface area contributed by atoms with E-state index < -0.39 is 0 Å². The minimum atomic E-state index is -0.232. The molecule has 2 N–H and O–H groups in total. The number of nitrogens with zero attached hydrogens (tertiary/aromatic N) is 4. The molecule has 5 aromatic rings. The molecule has 5 rings (SSSR count). The van der Waals surface area contributed by atoms with Gasteiger partial charge in [-0.1, -0.05) is 67.2 Å². The van der Waals surface area contributed by atoms with Crippen LogP contribution < -0.4 is 10.6 Å². The summed E-state index contributed by atoms with van der Waals surface area (Å²) in [5.74, 6) is 1.56. The number of aromatic nitrogens is 4. The zero-order valence-corrected chi connectivity index (χ0v) is 21.8. The second-order valence-electron chi connectivity index (χ2n) is 8.95. The maximum atomic E-state index is 12.8. The van der Waals surface area contributed by atoms with Crippen molar-refractivity contribution in [2.75, 3.05) is 18.5 Å². The number of hydrogen-bond donors (Lipinski definition) is 2. The zero-order valence-electron chi connectivity index (χ0n) is 21.8. The highest BCUT2D eigenvalue weighted by Gasteiger charge is 2.16. The van der Waals surface area contributed by atoms with Crippen LogP contribution >= 0.6 is 0 Å². The second kappa shape index (κ2) is 12.0. The minimum Gasteiger partial charge on any atom is -0.499 e. The van der Waals surface area contributed by atoms with Gasteiger partial charge in [-0.2, -0.15) is 0 Å². The van der Waals surface area contributed by atoms with Crippen molar-refractivity contribution in [3.8, 4) is 22.5 Å². The summed E-state index contributed by atoms with van der Waals surface area (Å²) < 4.78 is 7.17. The van der Waals surface area contributed by atoms with Crippen LogP contribution in [0, 0.1) is 0 Å². The predicted molar refractivity (Wildman–Crippen MR) is 153 cm³/mol. The molecular formula is C31H30N6O2. The van der Waals surface area contributed by atoms with E-state index in [9.17, 15) is 4.79 Å². The van der Waals surface area contributed by atoms with E-state index >= 15 is 0 Å². The van der Waals surface area contributed by atoms with Gasteiger partial charge in [0.1, 0.15) is 5.52 Å². The van der Waals surface area contributed by atoms with Crippen molar-refractivity contribution < 1.29 is 9.53 Å². The SMILES string of the molecule is C=C(CCNC(=O)c1cncc(-c2nc(NCc3ccccc3)c3c(-c4ccccc4)ccn3n2)c1)OCC. The Hall–Kier alpha value is -4.98. The molecule has 3 aromatic heterocycles. The number of ether oxygens (including phenoxy) is 1. The highest BCUT2D eigenvalue weighted by molar-refractivity contribution is 5.95. The fraction of sp³-hybridized carbons (Fsp3) is 0.161. The van der Waals surface area contributed by atoms with Crippen molar-refractivity contribution >= 4 is 17.2 Å². The number of pyridine rings is 1. The number of benzene rings is 2. The van der Waals surface area contributed by atoms with Crippen LogP contribution in [0.3, 0.4) is 0 Å². The average Bonchev–Trinajstić information content (AvgIpc) is 3.41. The molecule has 0 radical (unpaired) electrons. The molecule has 8 nitrogen and oxygen atoms in total. The fourth-order valence-electron chi connectivity index (χ4n) is 4.28. The minimum absolute atomic E-state index is 0.232. The van der Waals surface area contributed by atoms with Crippen molar-refractivity contribution in [2.45, 2.75) is 19.9 Å². The molecule has 1 amide bonds. The Morgan fingerprint density at radius 1 is 1.00 bits per heavy atom. The average molecular weight is 519 g/mol. The van der Waals surface area contributed by atoms with E-state index in [0.29, 0.717) is 54.6 Å². The maximum absolute atomic E-state index is 12.8. The van der Waals surface area contributed by atoms with E-state index in [2.05, 4.69) is 46.5 Å². The lowest BCUT2D eigenvalue weighted by Crippen LogP contribution is -2.25. The summed E-state index contributed by atoms with van der Waals surface area (Å²) in [5, 5.41) is 11.2. The molecule has 3 heterocycles. The molecule has 0 fully saturated rings. The molecule has 196 valence electrons. The zero-order chi connectivity index (χ0) is 27.0. The van der Waals surface area contributed by atoms with Crippen molar-refractivity contribution in [1.29, 1.82) is 0 Å². The Kier molecular flexibility index (Phi) is 7.92. The van der Waals surface area contributed by atoms with Crippen molar-refractivity contribution in [3.05, 3.63) is 115 Å². The first-order valence-corrected chi connectivity index (χ1v) is 12.9. The maximum Gasteiger partial charge on any atom is 0.252 e. The molecule has 0 saturated carbocycles. The van der Waals surface area contributed by atoms with Gasteiger partial charge in [-0.05, 0) is 30.2 Å². The largest absolute Gasteiger partial charge is 0.499 e. The summed E-state index contributed by atoms with van der Waals surface area (Å²) in [4.78, 5) is 22.0. The molecule has 0 saturated heterocycles. The quantitative estimate of drug-likeness (QED) is 0.217. The molecule has 39 heavy (non-hydrogen) atoms. The first-order valence-electron chi connectivity index (χ1n) is 12.9. The highest BCUT2D eigenvalue weighted by Crippen LogP contribution is 2.31. The van der Waals surface area contributed by atoms with Crippen LogP contribution in [0.1, 0.15) is 29.3 Å². The van der Waals surface area contributed by atoms with Gasteiger partial charge in [0.15, 0.2) is 11.6 Å². The van der Waals surface area contributed by atoms with E-state index in [0.717, 1.165) is 22.2 Å². The molecule has 0 aliphatic rings. The topological polar surface area (TPSA) is 93.4 Å². The second-order valence-corrected chi connectivity index (χ2v) is 8.95. The summed E-state index contributed by atoms with van der Waals surface area (Å²) in [5.41, 5.74) is 5.17. The van der Waals surface area contributed by atoms with Gasteiger partial charge in [-0.25, -0.2) is 9.50 Å². The monoisotopic (exact) mass is 518 g/mol. The summed E-state index contributed by atoms with van der Waals surface area (Å²) in [7, 11) is 0.